The number of anilines is 1. The number of sulfonamides is 1. The van der Waals surface area contributed by atoms with E-state index in [0.29, 0.717) is 23.3 Å². The van der Waals surface area contributed by atoms with Gasteiger partial charge in [-0.15, -0.1) is 0 Å². The van der Waals surface area contributed by atoms with Gasteiger partial charge in [0.1, 0.15) is 11.6 Å². The van der Waals surface area contributed by atoms with E-state index in [9.17, 15) is 17.6 Å². The number of nitrogens with zero attached hydrogens (tertiary/aromatic N) is 1. The highest BCUT2D eigenvalue weighted by Crippen LogP contribution is 2.30. The van der Waals surface area contributed by atoms with Crippen LogP contribution < -0.4 is 10.1 Å². The highest BCUT2D eigenvalue weighted by molar-refractivity contribution is 9.10. The molecule has 30 heavy (non-hydrogen) atoms. The Morgan fingerprint density at radius 1 is 1.17 bits per heavy atom. The molecule has 1 heterocycles. The minimum absolute atomic E-state index is 0.0857. The van der Waals surface area contributed by atoms with Gasteiger partial charge in [0.2, 0.25) is 15.9 Å². The molecule has 1 saturated heterocycles. The maximum absolute atomic E-state index is 13.8. The summed E-state index contributed by atoms with van der Waals surface area (Å²) >= 11 is 3.26. The van der Waals surface area contributed by atoms with E-state index in [1.54, 1.807) is 12.1 Å². The molecule has 2 aromatic carbocycles. The third-order valence-electron chi connectivity index (χ3n) is 4.75. The molecule has 1 amide bonds. The number of ether oxygens (including phenoxy) is 1. The van der Waals surface area contributed by atoms with E-state index in [1.807, 2.05) is 0 Å². The van der Waals surface area contributed by atoms with Gasteiger partial charge in [-0.1, -0.05) is 22.4 Å². The van der Waals surface area contributed by atoms with Crippen molar-refractivity contribution in [2.24, 2.45) is 0 Å². The lowest BCUT2D eigenvalue weighted by atomic mass is 10.2. The van der Waals surface area contributed by atoms with Crippen molar-refractivity contribution < 1.29 is 22.3 Å². The zero-order valence-corrected chi connectivity index (χ0v) is 18.8. The minimum Gasteiger partial charge on any atom is -0.495 e. The van der Waals surface area contributed by atoms with Gasteiger partial charge in [-0.05, 0) is 55.3 Å². The van der Waals surface area contributed by atoms with Crippen LogP contribution in [0, 0.1) is 5.82 Å². The van der Waals surface area contributed by atoms with Gasteiger partial charge in [-0.3, -0.25) is 4.79 Å². The van der Waals surface area contributed by atoms with E-state index in [2.05, 4.69) is 21.2 Å². The number of methoxy groups -OCH3 is 1. The highest BCUT2D eigenvalue weighted by Gasteiger charge is 2.26. The molecule has 1 fully saturated rings. The van der Waals surface area contributed by atoms with Gasteiger partial charge in [0.25, 0.3) is 0 Å². The van der Waals surface area contributed by atoms with Crippen LogP contribution in [0.5, 0.6) is 5.75 Å². The Kier molecular flexibility index (Phi) is 7.27. The number of carbonyl (C=O) groups is 1. The summed E-state index contributed by atoms with van der Waals surface area (Å²) in [5, 5.41) is 2.61. The monoisotopic (exact) mass is 496 g/mol. The normalized spacial score (nSPS) is 15.3. The molecule has 1 N–H and O–H groups in total. The number of halogens is 2. The van der Waals surface area contributed by atoms with Gasteiger partial charge in [0.05, 0.1) is 17.7 Å². The Hall–Kier alpha value is -2.23. The smallest absolute Gasteiger partial charge is 0.248 e. The molecule has 0 radical (unpaired) electrons. The third kappa shape index (κ3) is 5.27. The van der Waals surface area contributed by atoms with Gasteiger partial charge in [0, 0.05) is 29.2 Å². The van der Waals surface area contributed by atoms with Crippen molar-refractivity contribution in [1.29, 1.82) is 0 Å². The van der Waals surface area contributed by atoms with Crippen molar-refractivity contribution in [3.8, 4) is 5.75 Å². The number of amides is 1. The van der Waals surface area contributed by atoms with Gasteiger partial charge >= 0.3 is 0 Å². The fraction of sp³-hybridized carbons (Fsp3) is 0.286. The molecule has 6 nitrogen and oxygen atoms in total. The third-order valence-corrected chi connectivity index (χ3v) is 7.14. The van der Waals surface area contributed by atoms with Gasteiger partial charge < -0.3 is 10.1 Å². The van der Waals surface area contributed by atoms with Gasteiger partial charge in [-0.2, -0.15) is 4.31 Å². The average Bonchev–Trinajstić information content (AvgIpc) is 2.75. The summed E-state index contributed by atoms with van der Waals surface area (Å²) < 4.78 is 47.0. The first-order chi connectivity index (χ1) is 14.3. The number of carbonyl (C=O) groups excluding carboxylic acids is 1. The van der Waals surface area contributed by atoms with E-state index in [0.717, 1.165) is 19.3 Å². The maximum Gasteiger partial charge on any atom is 0.248 e. The second-order valence-corrected chi connectivity index (χ2v) is 9.67. The van der Waals surface area contributed by atoms with Crippen molar-refractivity contribution in [3.63, 3.8) is 0 Å². The number of rotatable bonds is 6. The molecule has 0 aliphatic carbocycles. The van der Waals surface area contributed by atoms with Crippen LogP contribution in [0.4, 0.5) is 10.1 Å². The SMILES string of the molecule is COc1ccc(S(=O)(=O)N2CCCCC2)cc1NC(=O)/C=C/c1cc(Br)ccc1F. The standard InChI is InChI=1S/C21H22BrFN2O4S/c1-29-20-9-7-17(30(27,28)25-11-3-2-4-12-25)14-19(20)24-21(26)10-5-15-13-16(22)6-8-18(15)23/h5-10,13-14H,2-4,11-12H2,1H3,(H,24,26)/b10-5+. The molecular weight excluding hydrogens is 475 g/mol. The van der Waals surface area contributed by atoms with Crippen LogP contribution in [-0.2, 0) is 14.8 Å². The fourth-order valence-corrected chi connectivity index (χ4v) is 5.10. The summed E-state index contributed by atoms with van der Waals surface area (Å²) in [6.07, 6.45) is 5.19. The number of nitrogens with one attached hydrogen (secondary N) is 1. The number of piperidine rings is 1. The predicted octanol–water partition coefficient (Wildman–Crippen LogP) is 4.42. The number of hydrogen-bond acceptors (Lipinski definition) is 4. The molecule has 1 aliphatic rings. The molecule has 160 valence electrons. The van der Waals surface area contributed by atoms with Gasteiger partial charge in [0.15, 0.2) is 0 Å². The first-order valence-electron chi connectivity index (χ1n) is 9.43. The Labute approximate surface area is 183 Å². The second-order valence-electron chi connectivity index (χ2n) is 6.82. The van der Waals surface area contributed by atoms with Crippen molar-refractivity contribution >= 4 is 43.6 Å². The Morgan fingerprint density at radius 3 is 2.60 bits per heavy atom. The summed E-state index contributed by atoms with van der Waals surface area (Å²) in [5.41, 5.74) is 0.466. The molecule has 0 saturated carbocycles. The highest BCUT2D eigenvalue weighted by atomic mass is 79.9. The molecule has 0 atom stereocenters. The first kappa shape index (κ1) is 22.5. The van der Waals surface area contributed by atoms with Crippen molar-refractivity contribution in [3.05, 3.63) is 58.3 Å². The largest absolute Gasteiger partial charge is 0.495 e. The van der Waals surface area contributed by atoms with E-state index < -0.39 is 21.7 Å². The predicted molar refractivity (Wildman–Crippen MR) is 117 cm³/mol. The average molecular weight is 497 g/mol. The van der Waals surface area contributed by atoms with Crippen LogP contribution in [0.25, 0.3) is 6.08 Å². The topological polar surface area (TPSA) is 75.7 Å². The summed E-state index contributed by atoms with van der Waals surface area (Å²) in [5.74, 6) is -0.683. The molecular formula is C21H22BrFN2O4S. The molecule has 1 aliphatic heterocycles. The fourth-order valence-electron chi connectivity index (χ4n) is 3.18. The molecule has 0 spiro atoms. The Bertz CT molecular complexity index is 1070. The molecule has 0 unspecified atom stereocenters. The van der Waals surface area contributed by atoms with Crippen LogP contribution in [0.2, 0.25) is 0 Å². The van der Waals surface area contributed by atoms with Crippen molar-refractivity contribution in [1.82, 2.24) is 4.31 Å². The molecule has 0 aromatic heterocycles. The molecule has 9 heteroatoms. The molecule has 2 aromatic rings. The lowest BCUT2D eigenvalue weighted by molar-refractivity contribution is -0.111. The van der Waals surface area contributed by atoms with Crippen molar-refractivity contribution in [2.45, 2.75) is 24.2 Å². The summed E-state index contributed by atoms with van der Waals surface area (Å²) in [6, 6.07) is 8.75. The van der Waals surface area contributed by atoms with E-state index >= 15 is 0 Å². The van der Waals surface area contributed by atoms with E-state index in [-0.39, 0.29) is 16.1 Å². The summed E-state index contributed by atoms with van der Waals surface area (Å²) in [4.78, 5) is 12.5. The van der Waals surface area contributed by atoms with E-state index in [1.165, 1.54) is 47.8 Å². The second kappa shape index (κ2) is 9.72. The minimum atomic E-state index is -3.66. The van der Waals surface area contributed by atoms with Crippen LogP contribution >= 0.6 is 15.9 Å². The first-order valence-corrected chi connectivity index (χ1v) is 11.7. The lowest BCUT2D eigenvalue weighted by Gasteiger charge is -2.26. The van der Waals surface area contributed by atoms with Gasteiger partial charge in [-0.25, -0.2) is 12.8 Å². The molecule has 0 bridgehead atoms. The quantitative estimate of drug-likeness (QED) is 0.600. The zero-order chi connectivity index (χ0) is 21.7. The van der Waals surface area contributed by atoms with Crippen LogP contribution in [0.15, 0.2) is 51.8 Å². The molecule has 3 rings (SSSR count). The Balaban J connectivity index is 1.82. The Morgan fingerprint density at radius 2 is 1.90 bits per heavy atom. The number of benzene rings is 2. The van der Waals surface area contributed by atoms with E-state index in [4.69, 9.17) is 4.74 Å². The van der Waals surface area contributed by atoms with Crippen molar-refractivity contribution in [2.75, 3.05) is 25.5 Å². The lowest BCUT2D eigenvalue weighted by Crippen LogP contribution is -2.35. The van der Waals surface area contributed by atoms with Crippen LogP contribution in [-0.4, -0.2) is 38.8 Å². The van der Waals surface area contributed by atoms with Crippen LogP contribution in [0.1, 0.15) is 24.8 Å². The maximum atomic E-state index is 13.8. The number of hydrogen-bond donors (Lipinski definition) is 1. The zero-order valence-electron chi connectivity index (χ0n) is 16.4. The van der Waals surface area contributed by atoms with Crippen LogP contribution in [0.3, 0.4) is 0 Å². The summed E-state index contributed by atoms with van der Waals surface area (Å²) in [7, 11) is -2.23. The summed E-state index contributed by atoms with van der Waals surface area (Å²) in [6.45, 7) is 0.966.